The van der Waals surface area contributed by atoms with Crippen LogP contribution in [0.4, 0.5) is 0 Å². The van der Waals surface area contributed by atoms with Crippen molar-refractivity contribution in [2.45, 2.75) is 19.8 Å². The molecule has 0 bridgehead atoms. The molecule has 1 aromatic rings. The molecule has 0 atom stereocenters. The number of halogens is 3. The molecule has 0 aliphatic heterocycles. The van der Waals surface area contributed by atoms with Crippen molar-refractivity contribution in [2.24, 2.45) is 0 Å². The van der Waals surface area contributed by atoms with Crippen molar-refractivity contribution in [3.05, 3.63) is 29.8 Å². The maximum absolute atomic E-state index is 4.66. The van der Waals surface area contributed by atoms with E-state index >= 15 is 0 Å². The van der Waals surface area contributed by atoms with Gasteiger partial charge in [-0.1, -0.05) is 19.8 Å². The Labute approximate surface area is 149 Å². The molecule has 0 heterocycles. The largest absolute Gasteiger partial charge is 4.00 e. The predicted molar refractivity (Wildman–Crippen MR) is 59.8 cm³/mol. The van der Waals surface area contributed by atoms with Crippen LogP contribution in [0.2, 0.25) is 0 Å². The minimum absolute atomic E-state index is 0. The van der Waals surface area contributed by atoms with Gasteiger partial charge in [0.15, 0.2) is 0 Å². The first-order chi connectivity index (χ1) is 6.85. The second-order valence-electron chi connectivity index (χ2n) is 3.03. The summed E-state index contributed by atoms with van der Waals surface area (Å²) in [4.78, 5) is 0. The molecular formula is C12H21Cl3HfO2. The van der Waals surface area contributed by atoms with Gasteiger partial charge in [-0.05, 0) is 0 Å². The Morgan fingerprint density at radius 3 is 1.56 bits per heavy atom. The van der Waals surface area contributed by atoms with E-state index in [1.54, 1.807) is 14.2 Å². The third-order valence-corrected chi connectivity index (χ3v) is 1.76. The molecule has 0 fully saturated rings. The summed E-state index contributed by atoms with van der Waals surface area (Å²) < 4.78 is 9.31. The molecule has 0 radical (unpaired) electrons. The molecule has 0 saturated carbocycles. The van der Waals surface area contributed by atoms with Gasteiger partial charge in [-0.25, -0.2) is 12.1 Å². The van der Waals surface area contributed by atoms with Crippen molar-refractivity contribution < 1.29 is 72.5 Å². The van der Waals surface area contributed by atoms with Gasteiger partial charge in [0.25, 0.3) is 0 Å². The quantitative estimate of drug-likeness (QED) is 0.237. The molecule has 18 heavy (non-hydrogen) atoms. The van der Waals surface area contributed by atoms with E-state index in [0.717, 1.165) is 0 Å². The van der Waals surface area contributed by atoms with Gasteiger partial charge >= 0.3 is 25.8 Å². The first-order valence-electron chi connectivity index (χ1n) is 5.03. The van der Waals surface area contributed by atoms with Gasteiger partial charge in [0, 0.05) is 14.2 Å². The fourth-order valence-corrected chi connectivity index (χ4v) is 1.04. The topological polar surface area (TPSA) is 18.5 Å². The van der Waals surface area contributed by atoms with Crippen LogP contribution in [-0.4, -0.2) is 27.4 Å². The standard InChI is InChI=1S/C8H11.C4H10O2.3ClH.Hf/c1-2-5-8-6-3-4-7-8;1-5-3-4-6-2;;;;/h3-4,6-7H,2,5H2,1H3;3-4H2,1-2H3;3*1H;/q-1;;;;;+4/p-3. The van der Waals surface area contributed by atoms with Crippen molar-refractivity contribution in [1.82, 2.24) is 0 Å². The normalized spacial score (nSPS) is 7.28. The van der Waals surface area contributed by atoms with Crippen LogP contribution in [0.1, 0.15) is 18.9 Å². The minimum atomic E-state index is 0. The summed E-state index contributed by atoms with van der Waals surface area (Å²) in [5.41, 5.74) is 1.47. The molecular weight excluding hydrogens is 461 g/mol. The van der Waals surface area contributed by atoms with Crippen LogP contribution in [0.3, 0.4) is 0 Å². The SMILES string of the molecule is CCC[c-]1cccc1.COCCOC.[Cl-].[Cl-].[Cl-].[Hf+4]. The molecule has 0 saturated heterocycles. The maximum atomic E-state index is 4.66. The average molecular weight is 482 g/mol. The number of aryl methyl sites for hydroxylation is 1. The van der Waals surface area contributed by atoms with E-state index in [-0.39, 0.29) is 63.1 Å². The monoisotopic (exact) mass is 482 g/mol. The van der Waals surface area contributed by atoms with E-state index in [9.17, 15) is 0 Å². The van der Waals surface area contributed by atoms with Crippen molar-refractivity contribution in [1.29, 1.82) is 0 Å². The second-order valence-corrected chi connectivity index (χ2v) is 3.03. The van der Waals surface area contributed by atoms with Gasteiger partial charge in [0.1, 0.15) is 0 Å². The van der Waals surface area contributed by atoms with Gasteiger partial charge in [-0.15, -0.1) is 0 Å². The number of rotatable bonds is 5. The van der Waals surface area contributed by atoms with Crippen molar-refractivity contribution in [3.63, 3.8) is 0 Å². The number of hydrogen-bond donors (Lipinski definition) is 0. The molecule has 0 spiro atoms. The fourth-order valence-electron chi connectivity index (χ4n) is 1.04. The number of hydrogen-bond acceptors (Lipinski definition) is 2. The molecule has 1 aromatic carbocycles. The first-order valence-corrected chi connectivity index (χ1v) is 5.03. The van der Waals surface area contributed by atoms with Crippen LogP contribution < -0.4 is 37.2 Å². The van der Waals surface area contributed by atoms with Crippen LogP contribution >= 0.6 is 0 Å². The molecule has 0 aliphatic rings. The van der Waals surface area contributed by atoms with Gasteiger partial charge in [-0.2, -0.15) is 17.7 Å². The van der Waals surface area contributed by atoms with E-state index in [1.807, 2.05) is 0 Å². The molecule has 0 amide bonds. The first kappa shape index (κ1) is 31.4. The molecule has 6 heteroatoms. The summed E-state index contributed by atoms with van der Waals surface area (Å²) in [6.07, 6.45) is 2.48. The number of methoxy groups -OCH3 is 2. The third-order valence-electron chi connectivity index (χ3n) is 1.76. The summed E-state index contributed by atoms with van der Waals surface area (Å²) in [5.74, 6) is 0. The zero-order valence-corrected chi connectivity index (χ0v) is 16.9. The Balaban J connectivity index is -0.0000000527. The van der Waals surface area contributed by atoms with Crippen LogP contribution in [0.15, 0.2) is 24.3 Å². The van der Waals surface area contributed by atoms with Gasteiger partial charge in [-0.3, -0.25) is 0 Å². The Bertz CT molecular complexity index is 193. The van der Waals surface area contributed by atoms with Crippen molar-refractivity contribution >= 4 is 0 Å². The molecule has 1 rings (SSSR count). The van der Waals surface area contributed by atoms with Crippen molar-refractivity contribution in [3.8, 4) is 0 Å². The van der Waals surface area contributed by atoms with Gasteiger partial charge in [0.05, 0.1) is 13.2 Å². The van der Waals surface area contributed by atoms with Gasteiger partial charge < -0.3 is 46.7 Å². The van der Waals surface area contributed by atoms with E-state index in [4.69, 9.17) is 0 Å². The molecule has 0 N–H and O–H groups in total. The summed E-state index contributed by atoms with van der Waals surface area (Å²) in [6, 6.07) is 8.52. The summed E-state index contributed by atoms with van der Waals surface area (Å²) in [7, 11) is 3.30. The smallest absolute Gasteiger partial charge is 1.00 e. The number of ether oxygens (including phenoxy) is 2. The zero-order chi connectivity index (χ0) is 10.6. The Morgan fingerprint density at radius 2 is 1.28 bits per heavy atom. The van der Waals surface area contributed by atoms with E-state index < -0.39 is 0 Å². The van der Waals surface area contributed by atoms with E-state index in [2.05, 4.69) is 40.7 Å². The molecule has 2 nitrogen and oxygen atoms in total. The second kappa shape index (κ2) is 26.5. The Kier molecular flexibility index (Phi) is 46.3. The Hall–Kier alpha value is 1.01. The zero-order valence-electron chi connectivity index (χ0n) is 11.1. The van der Waals surface area contributed by atoms with E-state index in [0.29, 0.717) is 13.2 Å². The maximum Gasteiger partial charge on any atom is 4.00 e. The summed E-state index contributed by atoms with van der Waals surface area (Å²) in [5, 5.41) is 0. The predicted octanol–water partition coefficient (Wildman–Crippen LogP) is -6.35. The minimum Gasteiger partial charge on any atom is -1.00 e. The van der Waals surface area contributed by atoms with Crippen LogP contribution in [0.25, 0.3) is 0 Å². The average Bonchev–Trinajstić information content (AvgIpc) is 2.69. The molecule has 0 unspecified atom stereocenters. The Morgan fingerprint density at radius 1 is 0.889 bits per heavy atom. The molecule has 0 aliphatic carbocycles. The summed E-state index contributed by atoms with van der Waals surface area (Å²) in [6.45, 7) is 3.58. The third kappa shape index (κ3) is 22.2. The van der Waals surface area contributed by atoms with Crippen LogP contribution in [0, 0.1) is 0 Å². The van der Waals surface area contributed by atoms with E-state index in [1.165, 1.54) is 18.4 Å². The summed E-state index contributed by atoms with van der Waals surface area (Å²) >= 11 is 0. The van der Waals surface area contributed by atoms with Crippen molar-refractivity contribution in [2.75, 3.05) is 27.4 Å². The molecule has 0 aromatic heterocycles. The fraction of sp³-hybridized carbons (Fsp3) is 0.583. The van der Waals surface area contributed by atoms with Gasteiger partial charge in [0.2, 0.25) is 0 Å². The molecule has 106 valence electrons. The van der Waals surface area contributed by atoms with Crippen LogP contribution in [0.5, 0.6) is 0 Å². The van der Waals surface area contributed by atoms with Crippen LogP contribution in [-0.2, 0) is 41.7 Å².